The average molecular weight is 389 g/mol. The van der Waals surface area contributed by atoms with Gasteiger partial charge >= 0.3 is 6.03 Å². The molecule has 7 nitrogen and oxygen atoms in total. The third-order valence-electron chi connectivity index (χ3n) is 3.78. The van der Waals surface area contributed by atoms with Crippen molar-refractivity contribution in [3.8, 4) is 0 Å². The van der Waals surface area contributed by atoms with Gasteiger partial charge in [0, 0.05) is 23.6 Å². The van der Waals surface area contributed by atoms with Crippen LogP contribution < -0.4 is 21.5 Å². The Balaban J connectivity index is 1.90. The summed E-state index contributed by atoms with van der Waals surface area (Å²) < 4.78 is 0. The monoisotopic (exact) mass is 388 g/mol. The molecule has 2 rings (SSSR count). The van der Waals surface area contributed by atoms with Gasteiger partial charge < -0.3 is 11.1 Å². The van der Waals surface area contributed by atoms with Gasteiger partial charge in [-0.1, -0.05) is 29.3 Å². The van der Waals surface area contributed by atoms with Gasteiger partial charge in [-0.15, -0.1) is 0 Å². The number of carbonyl (C=O) groups is 3. The first-order chi connectivity index (χ1) is 12.8. The third kappa shape index (κ3) is 6.00. The number of carbonyl (C=O) groups excluding carboxylic acids is 3. The average Bonchev–Trinajstić information content (AvgIpc) is 2.61. The fourth-order valence-electron chi connectivity index (χ4n) is 2.41. The minimum atomic E-state index is -0.856. The predicted octanol–water partition coefficient (Wildman–Crippen LogP) is 3.29. The van der Waals surface area contributed by atoms with E-state index in [4.69, 9.17) is 17.3 Å². The first kappa shape index (κ1) is 20.3. The third-order valence-corrected chi connectivity index (χ3v) is 4.03. The van der Waals surface area contributed by atoms with Crippen LogP contribution in [0, 0.1) is 13.8 Å². The first-order valence-corrected chi connectivity index (χ1v) is 8.66. The number of nitrogens with two attached hydrogens (primary N) is 1. The Kier molecular flexibility index (Phi) is 6.79. The second-order valence-electron chi connectivity index (χ2n) is 6.05. The number of aryl methyl sites for hydroxylation is 2. The summed E-state index contributed by atoms with van der Waals surface area (Å²) >= 11 is 5.81. The molecule has 2 aromatic rings. The molecule has 0 heterocycles. The van der Waals surface area contributed by atoms with Gasteiger partial charge in [0.1, 0.15) is 0 Å². The molecule has 0 unspecified atom stereocenters. The summed E-state index contributed by atoms with van der Waals surface area (Å²) in [5.74, 6) is -0.811. The normalized spacial score (nSPS) is 10.2. The van der Waals surface area contributed by atoms with Gasteiger partial charge in [0.25, 0.3) is 0 Å². The van der Waals surface area contributed by atoms with Gasteiger partial charge in [-0.25, -0.2) is 9.80 Å². The maximum absolute atomic E-state index is 12.1. The van der Waals surface area contributed by atoms with Gasteiger partial charge in [0.05, 0.1) is 5.69 Å². The summed E-state index contributed by atoms with van der Waals surface area (Å²) in [6.45, 7) is 3.86. The van der Waals surface area contributed by atoms with E-state index < -0.39 is 11.9 Å². The number of rotatable bonds is 5. The molecular weight excluding hydrogens is 368 g/mol. The van der Waals surface area contributed by atoms with Crippen molar-refractivity contribution in [1.82, 2.24) is 5.43 Å². The number of hydrazine groups is 1. The van der Waals surface area contributed by atoms with Gasteiger partial charge in [-0.05, 0) is 49.7 Å². The van der Waals surface area contributed by atoms with Crippen molar-refractivity contribution in [2.45, 2.75) is 26.7 Å². The Bertz CT molecular complexity index is 853. The van der Waals surface area contributed by atoms with Crippen molar-refractivity contribution in [1.29, 1.82) is 0 Å². The number of primary amides is 1. The Morgan fingerprint density at radius 1 is 1.00 bits per heavy atom. The number of urea groups is 1. The molecule has 0 aliphatic rings. The van der Waals surface area contributed by atoms with Gasteiger partial charge in [-0.3, -0.25) is 15.0 Å². The summed E-state index contributed by atoms with van der Waals surface area (Å²) in [6.07, 6.45) is -0.138. The van der Waals surface area contributed by atoms with Crippen LogP contribution in [-0.2, 0) is 9.59 Å². The van der Waals surface area contributed by atoms with Gasteiger partial charge in [-0.2, -0.15) is 0 Å². The number of nitrogens with one attached hydrogen (secondary N) is 2. The molecule has 27 heavy (non-hydrogen) atoms. The van der Waals surface area contributed by atoms with E-state index in [2.05, 4.69) is 10.7 Å². The molecule has 0 aliphatic heterocycles. The van der Waals surface area contributed by atoms with E-state index >= 15 is 0 Å². The highest BCUT2D eigenvalue weighted by Crippen LogP contribution is 2.17. The Morgan fingerprint density at radius 3 is 2.22 bits per heavy atom. The summed E-state index contributed by atoms with van der Waals surface area (Å²) in [6, 6.07) is 11.0. The van der Waals surface area contributed by atoms with E-state index in [1.165, 1.54) is 0 Å². The lowest BCUT2D eigenvalue weighted by Gasteiger charge is -2.21. The van der Waals surface area contributed by atoms with Gasteiger partial charge in [0.15, 0.2) is 0 Å². The minimum Gasteiger partial charge on any atom is -0.350 e. The van der Waals surface area contributed by atoms with Gasteiger partial charge in [0.2, 0.25) is 11.8 Å². The Labute approximate surface area is 162 Å². The smallest absolute Gasteiger partial charge is 0.338 e. The predicted molar refractivity (Wildman–Crippen MR) is 105 cm³/mol. The molecule has 4 amide bonds. The number of benzene rings is 2. The highest BCUT2D eigenvalue weighted by molar-refractivity contribution is 6.30. The largest absolute Gasteiger partial charge is 0.350 e. The molecule has 0 fully saturated rings. The molecule has 8 heteroatoms. The topological polar surface area (TPSA) is 105 Å². The van der Waals surface area contributed by atoms with Crippen molar-refractivity contribution < 1.29 is 14.4 Å². The summed E-state index contributed by atoms with van der Waals surface area (Å²) in [7, 11) is 0. The molecule has 0 bridgehead atoms. The van der Waals surface area contributed by atoms with E-state index in [1.54, 1.807) is 24.3 Å². The molecule has 0 saturated carbocycles. The zero-order valence-corrected chi connectivity index (χ0v) is 15.8. The summed E-state index contributed by atoms with van der Waals surface area (Å²) in [5, 5.41) is 4.16. The van der Waals surface area contributed by atoms with E-state index in [1.807, 2.05) is 32.0 Å². The van der Waals surface area contributed by atoms with Crippen molar-refractivity contribution in [2.24, 2.45) is 5.73 Å². The Morgan fingerprint density at radius 2 is 1.63 bits per heavy atom. The second kappa shape index (κ2) is 9.05. The van der Waals surface area contributed by atoms with Crippen LogP contribution in [0.4, 0.5) is 16.2 Å². The first-order valence-electron chi connectivity index (χ1n) is 8.28. The van der Waals surface area contributed by atoms with Crippen LogP contribution in [0.25, 0.3) is 0 Å². The van der Waals surface area contributed by atoms with Crippen LogP contribution in [0.5, 0.6) is 0 Å². The molecule has 0 saturated heterocycles. The molecule has 0 radical (unpaired) electrons. The van der Waals surface area contributed by atoms with Crippen LogP contribution in [0.15, 0.2) is 42.5 Å². The van der Waals surface area contributed by atoms with Crippen LogP contribution in [0.2, 0.25) is 5.02 Å². The number of hydrogen-bond donors (Lipinski definition) is 3. The lowest BCUT2D eigenvalue weighted by molar-refractivity contribution is -0.124. The highest BCUT2D eigenvalue weighted by atomic mass is 35.5. The molecule has 0 aromatic heterocycles. The van der Waals surface area contributed by atoms with Crippen molar-refractivity contribution in [3.63, 3.8) is 0 Å². The molecule has 4 N–H and O–H groups in total. The van der Waals surface area contributed by atoms with Crippen molar-refractivity contribution >= 4 is 40.8 Å². The number of hydrogen-bond acceptors (Lipinski definition) is 3. The van der Waals surface area contributed by atoms with E-state index in [-0.39, 0.29) is 18.7 Å². The molecule has 2 aromatic carbocycles. The molecular formula is C19H21ClN4O3. The maximum atomic E-state index is 12.1. The number of amides is 4. The minimum absolute atomic E-state index is 0.0353. The quantitative estimate of drug-likeness (QED) is 0.684. The number of nitrogens with zero attached hydrogens (tertiary/aromatic N) is 1. The second-order valence-corrected chi connectivity index (χ2v) is 6.49. The van der Waals surface area contributed by atoms with E-state index in [0.29, 0.717) is 16.4 Å². The van der Waals surface area contributed by atoms with Crippen LogP contribution in [0.1, 0.15) is 24.0 Å². The fraction of sp³-hybridized carbons (Fsp3) is 0.211. The SMILES string of the molecule is Cc1ccc(NC(=O)CCC(=O)NN(C(N)=O)c2ccc(Cl)cc2)c(C)c1. The summed E-state index contributed by atoms with van der Waals surface area (Å²) in [5.41, 5.74) is 10.8. The standard InChI is InChI=1S/C19H21ClN4O3/c1-12-3-8-16(13(2)11-12)22-17(25)9-10-18(26)23-24(19(21)27)15-6-4-14(20)5-7-15/h3-8,11H,9-10H2,1-2H3,(H2,21,27)(H,22,25)(H,23,26). The maximum Gasteiger partial charge on any atom is 0.338 e. The fourth-order valence-corrected chi connectivity index (χ4v) is 2.54. The van der Waals surface area contributed by atoms with Crippen molar-refractivity contribution in [2.75, 3.05) is 10.3 Å². The Hall–Kier alpha value is -3.06. The lowest BCUT2D eigenvalue weighted by Crippen LogP contribution is -2.49. The van der Waals surface area contributed by atoms with E-state index in [0.717, 1.165) is 16.1 Å². The van der Waals surface area contributed by atoms with E-state index in [9.17, 15) is 14.4 Å². The van der Waals surface area contributed by atoms with Crippen LogP contribution in [-0.4, -0.2) is 17.8 Å². The number of halogens is 1. The molecule has 0 aliphatic carbocycles. The number of anilines is 2. The zero-order chi connectivity index (χ0) is 20.0. The van der Waals surface area contributed by atoms with Crippen LogP contribution >= 0.6 is 11.6 Å². The lowest BCUT2D eigenvalue weighted by atomic mass is 10.1. The molecule has 142 valence electrons. The molecule has 0 atom stereocenters. The zero-order valence-electron chi connectivity index (χ0n) is 15.1. The molecule has 0 spiro atoms. The highest BCUT2D eigenvalue weighted by Gasteiger charge is 2.16. The van der Waals surface area contributed by atoms with Crippen molar-refractivity contribution in [3.05, 3.63) is 58.6 Å². The summed E-state index contributed by atoms with van der Waals surface area (Å²) in [4.78, 5) is 35.8. The van der Waals surface area contributed by atoms with Crippen LogP contribution in [0.3, 0.4) is 0 Å².